The van der Waals surface area contributed by atoms with Crippen molar-refractivity contribution < 1.29 is 19.1 Å². The number of nitrogens with zero attached hydrogens (tertiary/aromatic N) is 1. The maximum atomic E-state index is 12.8. The number of morpholine rings is 1. The number of rotatable bonds is 5. The SMILES string of the molecule is C[C@@H]1CN(C(=O)COC(=O)/C(=C/c2ccccc2)c2ccc(Cl)cc2)C[C@H](C)O1. The van der Waals surface area contributed by atoms with Crippen molar-refractivity contribution in [2.75, 3.05) is 19.7 Å². The van der Waals surface area contributed by atoms with E-state index in [-0.39, 0.29) is 24.7 Å². The number of hydrogen-bond donors (Lipinski definition) is 0. The highest BCUT2D eigenvalue weighted by atomic mass is 35.5. The average molecular weight is 414 g/mol. The van der Waals surface area contributed by atoms with E-state index in [1.165, 1.54) is 0 Å². The molecule has 1 saturated heterocycles. The van der Waals surface area contributed by atoms with E-state index in [1.54, 1.807) is 35.2 Å². The largest absolute Gasteiger partial charge is 0.452 e. The number of esters is 1. The maximum Gasteiger partial charge on any atom is 0.339 e. The molecule has 0 aromatic heterocycles. The van der Waals surface area contributed by atoms with Crippen LogP contribution in [0.4, 0.5) is 0 Å². The normalized spacial score (nSPS) is 19.7. The first-order valence-corrected chi connectivity index (χ1v) is 9.93. The number of benzene rings is 2. The Morgan fingerprint density at radius 1 is 1.07 bits per heavy atom. The molecule has 0 saturated carbocycles. The fourth-order valence-corrected chi connectivity index (χ4v) is 3.41. The summed E-state index contributed by atoms with van der Waals surface area (Å²) in [7, 11) is 0. The summed E-state index contributed by atoms with van der Waals surface area (Å²) >= 11 is 5.97. The summed E-state index contributed by atoms with van der Waals surface area (Å²) in [4.78, 5) is 27.0. The summed E-state index contributed by atoms with van der Waals surface area (Å²) < 4.78 is 11.0. The first-order valence-electron chi connectivity index (χ1n) is 9.55. The highest BCUT2D eigenvalue weighted by molar-refractivity contribution is 6.30. The Morgan fingerprint density at radius 3 is 2.31 bits per heavy atom. The second kappa shape index (κ2) is 9.72. The fourth-order valence-electron chi connectivity index (χ4n) is 3.28. The van der Waals surface area contributed by atoms with Gasteiger partial charge in [0.1, 0.15) is 0 Å². The Labute approximate surface area is 175 Å². The molecule has 6 heteroatoms. The third-order valence-electron chi connectivity index (χ3n) is 4.58. The molecule has 0 aliphatic carbocycles. The quantitative estimate of drug-likeness (QED) is 0.421. The van der Waals surface area contributed by atoms with Crippen molar-refractivity contribution in [3.8, 4) is 0 Å². The topological polar surface area (TPSA) is 55.8 Å². The molecule has 1 aliphatic heterocycles. The van der Waals surface area contributed by atoms with Crippen LogP contribution in [0.5, 0.6) is 0 Å². The van der Waals surface area contributed by atoms with Gasteiger partial charge < -0.3 is 14.4 Å². The number of carbonyl (C=O) groups excluding carboxylic acids is 2. The van der Waals surface area contributed by atoms with Crippen LogP contribution < -0.4 is 0 Å². The predicted octanol–water partition coefficient (Wildman–Crippen LogP) is 4.06. The Morgan fingerprint density at radius 2 is 1.69 bits per heavy atom. The van der Waals surface area contributed by atoms with Crippen molar-refractivity contribution in [1.82, 2.24) is 4.90 Å². The van der Waals surface area contributed by atoms with Gasteiger partial charge in [0.2, 0.25) is 0 Å². The molecule has 0 unspecified atom stereocenters. The van der Waals surface area contributed by atoms with Crippen LogP contribution in [0.3, 0.4) is 0 Å². The lowest BCUT2D eigenvalue weighted by Crippen LogP contribution is -2.49. The number of carbonyl (C=O) groups is 2. The number of ether oxygens (including phenoxy) is 2. The first kappa shape index (κ1) is 21.1. The molecule has 29 heavy (non-hydrogen) atoms. The van der Waals surface area contributed by atoms with Crippen molar-refractivity contribution in [2.45, 2.75) is 26.1 Å². The molecule has 1 fully saturated rings. The van der Waals surface area contributed by atoms with Gasteiger partial charge in [0.15, 0.2) is 6.61 Å². The summed E-state index contributed by atoms with van der Waals surface area (Å²) in [6.45, 7) is 4.51. The molecular weight excluding hydrogens is 390 g/mol. The van der Waals surface area contributed by atoms with E-state index in [0.717, 1.165) is 5.56 Å². The zero-order valence-corrected chi connectivity index (χ0v) is 17.3. The molecule has 152 valence electrons. The lowest BCUT2D eigenvalue weighted by atomic mass is 10.0. The van der Waals surface area contributed by atoms with Crippen molar-refractivity contribution in [3.05, 3.63) is 70.7 Å². The Kier molecular flexibility index (Phi) is 7.07. The Balaban J connectivity index is 1.74. The second-order valence-electron chi connectivity index (χ2n) is 7.11. The van der Waals surface area contributed by atoms with E-state index in [2.05, 4.69) is 0 Å². The monoisotopic (exact) mass is 413 g/mol. The van der Waals surface area contributed by atoms with Crippen LogP contribution in [0.2, 0.25) is 5.02 Å². The van der Waals surface area contributed by atoms with E-state index in [9.17, 15) is 9.59 Å². The number of halogens is 1. The van der Waals surface area contributed by atoms with Gasteiger partial charge in [0.25, 0.3) is 5.91 Å². The Bertz CT molecular complexity index is 870. The van der Waals surface area contributed by atoms with Crippen LogP contribution in [-0.2, 0) is 19.1 Å². The maximum absolute atomic E-state index is 12.8. The van der Waals surface area contributed by atoms with E-state index >= 15 is 0 Å². The molecule has 2 aromatic carbocycles. The minimum Gasteiger partial charge on any atom is -0.452 e. The zero-order chi connectivity index (χ0) is 20.8. The van der Waals surface area contributed by atoms with Crippen LogP contribution in [-0.4, -0.2) is 48.7 Å². The molecule has 2 aromatic rings. The van der Waals surface area contributed by atoms with Gasteiger partial charge >= 0.3 is 5.97 Å². The van der Waals surface area contributed by atoms with Crippen LogP contribution in [0.1, 0.15) is 25.0 Å². The molecule has 5 nitrogen and oxygen atoms in total. The Hall–Kier alpha value is -2.63. The molecule has 1 aliphatic rings. The molecule has 0 radical (unpaired) electrons. The zero-order valence-electron chi connectivity index (χ0n) is 16.5. The fraction of sp³-hybridized carbons (Fsp3) is 0.304. The lowest BCUT2D eigenvalue weighted by Gasteiger charge is -2.35. The molecule has 3 rings (SSSR count). The standard InChI is InChI=1S/C23H24ClNO4/c1-16-13-25(14-17(2)29-16)22(26)15-28-23(27)21(12-18-6-4-3-5-7-18)19-8-10-20(24)11-9-19/h3-12,16-17H,13-15H2,1-2H3/b21-12+/t16-,17+. The predicted molar refractivity (Wildman–Crippen MR) is 113 cm³/mol. The third kappa shape index (κ3) is 5.92. The van der Waals surface area contributed by atoms with Crippen molar-refractivity contribution >= 4 is 35.1 Å². The van der Waals surface area contributed by atoms with Crippen LogP contribution in [0, 0.1) is 0 Å². The van der Waals surface area contributed by atoms with Crippen LogP contribution in [0.25, 0.3) is 11.6 Å². The van der Waals surface area contributed by atoms with Crippen molar-refractivity contribution in [2.24, 2.45) is 0 Å². The van der Waals surface area contributed by atoms with Crippen molar-refractivity contribution in [3.63, 3.8) is 0 Å². The smallest absolute Gasteiger partial charge is 0.339 e. The highest BCUT2D eigenvalue weighted by Crippen LogP contribution is 2.22. The lowest BCUT2D eigenvalue weighted by molar-refractivity contribution is -0.154. The van der Waals surface area contributed by atoms with E-state index in [1.807, 2.05) is 44.2 Å². The van der Waals surface area contributed by atoms with Crippen molar-refractivity contribution in [1.29, 1.82) is 0 Å². The summed E-state index contributed by atoms with van der Waals surface area (Å²) in [5.74, 6) is -0.783. The van der Waals surface area contributed by atoms with Gasteiger partial charge in [-0.3, -0.25) is 4.79 Å². The first-order chi connectivity index (χ1) is 13.9. The highest BCUT2D eigenvalue weighted by Gasteiger charge is 2.27. The van der Waals surface area contributed by atoms with Gasteiger partial charge in [-0.25, -0.2) is 4.79 Å². The molecule has 1 heterocycles. The van der Waals surface area contributed by atoms with E-state index in [4.69, 9.17) is 21.1 Å². The third-order valence-corrected chi connectivity index (χ3v) is 4.84. The van der Waals surface area contributed by atoms with Gasteiger partial charge in [-0.2, -0.15) is 0 Å². The van der Waals surface area contributed by atoms with Gasteiger partial charge in [-0.05, 0) is 43.2 Å². The van der Waals surface area contributed by atoms with Gasteiger partial charge in [-0.15, -0.1) is 0 Å². The average Bonchev–Trinajstić information content (AvgIpc) is 2.71. The number of hydrogen-bond acceptors (Lipinski definition) is 4. The number of amides is 1. The summed E-state index contributed by atoms with van der Waals surface area (Å²) in [6.07, 6.45) is 1.66. The van der Waals surface area contributed by atoms with E-state index in [0.29, 0.717) is 29.2 Å². The molecule has 1 amide bonds. The molecular formula is C23H24ClNO4. The summed E-state index contributed by atoms with van der Waals surface area (Å²) in [5, 5.41) is 0.576. The summed E-state index contributed by atoms with van der Waals surface area (Å²) in [6, 6.07) is 16.4. The van der Waals surface area contributed by atoms with Crippen LogP contribution >= 0.6 is 11.6 Å². The van der Waals surface area contributed by atoms with Gasteiger partial charge in [0.05, 0.1) is 17.8 Å². The molecule has 2 atom stereocenters. The minimum absolute atomic E-state index is 0.0407. The summed E-state index contributed by atoms with van der Waals surface area (Å²) in [5.41, 5.74) is 1.89. The second-order valence-corrected chi connectivity index (χ2v) is 7.54. The van der Waals surface area contributed by atoms with E-state index < -0.39 is 5.97 Å². The molecule has 0 bridgehead atoms. The molecule has 0 spiro atoms. The van der Waals surface area contributed by atoms with Gasteiger partial charge in [0, 0.05) is 18.1 Å². The minimum atomic E-state index is -0.557. The molecule has 0 N–H and O–H groups in total. The van der Waals surface area contributed by atoms with Gasteiger partial charge in [-0.1, -0.05) is 54.1 Å². The van der Waals surface area contributed by atoms with Crippen LogP contribution in [0.15, 0.2) is 54.6 Å².